The summed E-state index contributed by atoms with van der Waals surface area (Å²) in [4.78, 5) is 11.6. The second kappa shape index (κ2) is 2.82. The Hall–Kier alpha value is -0.370. The van der Waals surface area contributed by atoms with Gasteiger partial charge in [0.25, 0.3) is 0 Å². The maximum atomic E-state index is 11.6. The fourth-order valence-electron chi connectivity index (χ4n) is 3.98. The average Bonchev–Trinajstić information content (AvgIpc) is 2.56. The maximum absolute atomic E-state index is 11.6. The SMILES string of the molecule is O=C1CCC23CCCCC2(C1)OCC3. The van der Waals surface area contributed by atoms with Crippen LogP contribution in [0.4, 0.5) is 0 Å². The van der Waals surface area contributed by atoms with Crippen molar-refractivity contribution in [2.75, 3.05) is 6.61 Å². The van der Waals surface area contributed by atoms with Crippen molar-refractivity contribution in [1.82, 2.24) is 0 Å². The van der Waals surface area contributed by atoms with Crippen molar-refractivity contribution in [2.24, 2.45) is 5.41 Å². The third kappa shape index (κ3) is 0.979. The van der Waals surface area contributed by atoms with E-state index in [1.54, 1.807) is 0 Å². The van der Waals surface area contributed by atoms with Crippen LogP contribution < -0.4 is 0 Å². The smallest absolute Gasteiger partial charge is 0.135 e. The first-order valence-electron chi connectivity index (χ1n) is 5.92. The summed E-state index contributed by atoms with van der Waals surface area (Å²) in [5.41, 5.74) is 0.389. The van der Waals surface area contributed by atoms with Crippen molar-refractivity contribution in [2.45, 2.75) is 57.0 Å². The quantitative estimate of drug-likeness (QED) is 0.592. The molecule has 0 bridgehead atoms. The second-order valence-electron chi connectivity index (χ2n) is 5.30. The first-order valence-corrected chi connectivity index (χ1v) is 5.92. The highest BCUT2D eigenvalue weighted by atomic mass is 16.5. The molecule has 2 saturated carbocycles. The number of Topliss-reactive ketones (excluding diaryl/α,β-unsaturated/α-hetero) is 1. The number of carbonyl (C=O) groups is 1. The van der Waals surface area contributed by atoms with Crippen molar-refractivity contribution in [1.29, 1.82) is 0 Å². The highest BCUT2D eigenvalue weighted by Gasteiger charge is 2.59. The van der Waals surface area contributed by atoms with Gasteiger partial charge in [-0.25, -0.2) is 0 Å². The standard InChI is InChI=1S/C12H18O2/c13-10-3-6-11-4-1-2-5-12(11,9-10)14-8-7-11/h1-9H2. The number of hydrogen-bond donors (Lipinski definition) is 0. The molecule has 3 fully saturated rings. The van der Waals surface area contributed by atoms with Gasteiger partial charge in [-0.15, -0.1) is 0 Å². The van der Waals surface area contributed by atoms with E-state index in [0.29, 0.717) is 17.6 Å². The molecule has 2 atom stereocenters. The third-order valence-electron chi connectivity index (χ3n) is 4.78. The fraction of sp³-hybridized carbons (Fsp3) is 0.917. The Morgan fingerprint density at radius 3 is 2.86 bits per heavy atom. The molecule has 0 aromatic rings. The molecule has 0 radical (unpaired) electrons. The zero-order valence-corrected chi connectivity index (χ0v) is 8.68. The molecule has 2 nitrogen and oxygen atoms in total. The van der Waals surface area contributed by atoms with Gasteiger partial charge in [0, 0.05) is 24.9 Å². The van der Waals surface area contributed by atoms with E-state index in [4.69, 9.17) is 4.74 Å². The Labute approximate surface area is 85.0 Å². The van der Waals surface area contributed by atoms with Gasteiger partial charge in [0.1, 0.15) is 5.78 Å². The fourth-order valence-corrected chi connectivity index (χ4v) is 3.98. The van der Waals surface area contributed by atoms with Crippen LogP contribution in [0.3, 0.4) is 0 Å². The zero-order valence-electron chi connectivity index (χ0n) is 8.68. The first-order chi connectivity index (χ1) is 6.77. The molecular weight excluding hydrogens is 176 g/mol. The molecule has 0 spiro atoms. The Bertz CT molecular complexity index is 273. The van der Waals surface area contributed by atoms with E-state index in [-0.39, 0.29) is 5.60 Å². The topological polar surface area (TPSA) is 26.3 Å². The summed E-state index contributed by atoms with van der Waals surface area (Å²) in [5, 5.41) is 0. The molecule has 78 valence electrons. The second-order valence-corrected chi connectivity index (χ2v) is 5.30. The summed E-state index contributed by atoms with van der Waals surface area (Å²) >= 11 is 0. The van der Waals surface area contributed by atoms with Gasteiger partial charge in [-0.2, -0.15) is 0 Å². The normalized spacial score (nSPS) is 47.3. The minimum atomic E-state index is -0.0133. The molecule has 1 heterocycles. The van der Waals surface area contributed by atoms with E-state index in [1.807, 2.05) is 0 Å². The maximum Gasteiger partial charge on any atom is 0.135 e. The highest BCUT2D eigenvalue weighted by molar-refractivity contribution is 5.81. The highest BCUT2D eigenvalue weighted by Crippen LogP contribution is 2.59. The largest absolute Gasteiger partial charge is 0.374 e. The lowest BCUT2D eigenvalue weighted by atomic mass is 9.56. The summed E-state index contributed by atoms with van der Waals surface area (Å²) < 4.78 is 5.99. The van der Waals surface area contributed by atoms with Gasteiger partial charge in [0.15, 0.2) is 0 Å². The molecule has 3 rings (SSSR count). The number of ether oxygens (including phenoxy) is 1. The molecule has 2 aliphatic carbocycles. The van der Waals surface area contributed by atoms with Crippen molar-refractivity contribution in [3.8, 4) is 0 Å². The monoisotopic (exact) mass is 194 g/mol. The van der Waals surface area contributed by atoms with Crippen molar-refractivity contribution in [3.63, 3.8) is 0 Å². The van der Waals surface area contributed by atoms with Gasteiger partial charge in [-0.1, -0.05) is 12.8 Å². The lowest BCUT2D eigenvalue weighted by Gasteiger charge is -2.50. The molecule has 0 N–H and O–H groups in total. The van der Waals surface area contributed by atoms with Crippen LogP contribution in [0.2, 0.25) is 0 Å². The molecule has 2 heteroatoms. The number of rotatable bonds is 0. The van der Waals surface area contributed by atoms with Crippen LogP contribution in [0.1, 0.15) is 51.4 Å². The van der Waals surface area contributed by atoms with Crippen LogP contribution in [0.15, 0.2) is 0 Å². The molecule has 0 amide bonds. The van der Waals surface area contributed by atoms with Crippen LogP contribution in [0.25, 0.3) is 0 Å². The molecule has 1 aliphatic heterocycles. The summed E-state index contributed by atoms with van der Waals surface area (Å²) in [6.45, 7) is 0.896. The molecule has 1 saturated heterocycles. The van der Waals surface area contributed by atoms with E-state index < -0.39 is 0 Å². The van der Waals surface area contributed by atoms with Gasteiger partial charge < -0.3 is 4.74 Å². The first kappa shape index (κ1) is 8.90. The Morgan fingerprint density at radius 1 is 1.07 bits per heavy atom. The molecule has 2 unspecified atom stereocenters. The van der Waals surface area contributed by atoms with E-state index >= 15 is 0 Å². The average molecular weight is 194 g/mol. The van der Waals surface area contributed by atoms with E-state index in [0.717, 1.165) is 25.9 Å². The van der Waals surface area contributed by atoms with Crippen molar-refractivity contribution in [3.05, 3.63) is 0 Å². The van der Waals surface area contributed by atoms with Crippen LogP contribution in [-0.2, 0) is 9.53 Å². The summed E-state index contributed by atoms with van der Waals surface area (Å²) in [7, 11) is 0. The third-order valence-corrected chi connectivity index (χ3v) is 4.78. The number of hydrogen-bond acceptors (Lipinski definition) is 2. The van der Waals surface area contributed by atoms with Crippen molar-refractivity contribution < 1.29 is 9.53 Å². The Morgan fingerprint density at radius 2 is 1.93 bits per heavy atom. The van der Waals surface area contributed by atoms with E-state index in [1.165, 1.54) is 25.7 Å². The van der Waals surface area contributed by atoms with Crippen molar-refractivity contribution >= 4 is 5.78 Å². The zero-order chi connectivity index (χ0) is 9.65. The van der Waals surface area contributed by atoms with E-state index in [2.05, 4.69) is 0 Å². The lowest BCUT2D eigenvalue weighted by molar-refractivity contribution is -0.147. The molecule has 14 heavy (non-hydrogen) atoms. The van der Waals surface area contributed by atoms with Crippen LogP contribution >= 0.6 is 0 Å². The van der Waals surface area contributed by atoms with Gasteiger partial charge in [-0.3, -0.25) is 4.79 Å². The van der Waals surface area contributed by atoms with Gasteiger partial charge >= 0.3 is 0 Å². The predicted octanol–water partition coefficient (Wildman–Crippen LogP) is 2.46. The minimum absolute atomic E-state index is 0.0133. The van der Waals surface area contributed by atoms with Crippen LogP contribution in [0, 0.1) is 5.41 Å². The summed E-state index contributed by atoms with van der Waals surface area (Å²) in [6, 6.07) is 0. The van der Waals surface area contributed by atoms with Crippen LogP contribution in [-0.4, -0.2) is 18.0 Å². The van der Waals surface area contributed by atoms with E-state index in [9.17, 15) is 4.79 Å². The minimum Gasteiger partial charge on any atom is -0.374 e. The van der Waals surface area contributed by atoms with Gasteiger partial charge in [0.2, 0.25) is 0 Å². The number of ketones is 1. The lowest BCUT2D eigenvalue weighted by Crippen LogP contribution is -2.52. The molecule has 0 aromatic carbocycles. The van der Waals surface area contributed by atoms with Gasteiger partial charge in [-0.05, 0) is 25.7 Å². The predicted molar refractivity (Wildman–Crippen MR) is 53.1 cm³/mol. The summed E-state index contributed by atoms with van der Waals surface area (Å²) in [5.74, 6) is 0.435. The molecule has 3 aliphatic rings. The van der Waals surface area contributed by atoms with Crippen LogP contribution in [0.5, 0.6) is 0 Å². The summed E-state index contributed by atoms with van der Waals surface area (Å²) in [6.07, 6.45) is 8.89. The Kier molecular flexibility index (Phi) is 1.79. The van der Waals surface area contributed by atoms with Gasteiger partial charge in [0.05, 0.1) is 5.60 Å². The molecular formula is C12H18O2. The number of carbonyl (C=O) groups excluding carboxylic acids is 1. The Balaban J connectivity index is 1.98. The molecule has 0 aromatic heterocycles.